The highest BCUT2D eigenvalue weighted by Gasteiger charge is 2.38. The molecule has 0 spiro atoms. The zero-order valence-electron chi connectivity index (χ0n) is 14.1. The van der Waals surface area contributed by atoms with E-state index >= 15 is 0 Å². The fourth-order valence-corrected chi connectivity index (χ4v) is 2.83. The van der Waals surface area contributed by atoms with E-state index in [0.29, 0.717) is 13.2 Å². The molecule has 1 unspecified atom stereocenters. The Balaban J connectivity index is 0.000000885. The van der Waals surface area contributed by atoms with Crippen LogP contribution in [-0.4, -0.2) is 59.8 Å². The lowest BCUT2D eigenvalue weighted by molar-refractivity contribution is -0.134. The lowest BCUT2D eigenvalue weighted by Crippen LogP contribution is -2.59. The van der Waals surface area contributed by atoms with Crippen LogP contribution in [-0.2, 0) is 14.3 Å². The Kier molecular flexibility index (Phi) is 8.39. The Bertz CT molecular complexity index is 297. The number of nitrogens with one attached hydrogen (secondary N) is 1. The predicted octanol–water partition coefficient (Wildman–Crippen LogP) is 1.41. The largest absolute Gasteiger partial charge is 0.481 e. The molecule has 1 heterocycles. The lowest BCUT2D eigenvalue weighted by atomic mass is 9.81. The standard InChI is InChI=1S/C13H27NO3.C2H4O2/c1-12(2)6-11(7-13(3,4)14-12)17-9-10(15)8-16-5;1-2(3)4/h10-11,14-15H,6-9H2,1-5H3;1H3,(H,3,4). The summed E-state index contributed by atoms with van der Waals surface area (Å²) in [5.41, 5.74) is 0.164. The normalized spacial score (nSPS) is 22.0. The van der Waals surface area contributed by atoms with Crippen molar-refractivity contribution >= 4 is 5.97 Å². The maximum absolute atomic E-state index is 9.57. The Morgan fingerprint density at radius 2 is 1.67 bits per heavy atom. The van der Waals surface area contributed by atoms with E-state index in [4.69, 9.17) is 19.4 Å². The van der Waals surface area contributed by atoms with Gasteiger partial charge in [0.15, 0.2) is 0 Å². The highest BCUT2D eigenvalue weighted by atomic mass is 16.5. The summed E-state index contributed by atoms with van der Waals surface area (Å²) in [5, 5.41) is 20.6. The number of carbonyl (C=O) groups is 1. The van der Waals surface area contributed by atoms with Gasteiger partial charge >= 0.3 is 0 Å². The average Bonchev–Trinajstić information content (AvgIpc) is 2.21. The molecule has 1 saturated heterocycles. The van der Waals surface area contributed by atoms with E-state index in [9.17, 15) is 5.11 Å². The van der Waals surface area contributed by atoms with Gasteiger partial charge in [0.1, 0.15) is 6.10 Å². The van der Waals surface area contributed by atoms with E-state index in [1.165, 1.54) is 0 Å². The van der Waals surface area contributed by atoms with Crippen LogP contribution in [0.3, 0.4) is 0 Å². The summed E-state index contributed by atoms with van der Waals surface area (Å²) >= 11 is 0. The van der Waals surface area contributed by atoms with Gasteiger partial charge in [0.05, 0.1) is 19.3 Å². The quantitative estimate of drug-likeness (QED) is 0.712. The number of carboxylic acids is 1. The van der Waals surface area contributed by atoms with Crippen LogP contribution in [0.2, 0.25) is 0 Å². The summed E-state index contributed by atoms with van der Waals surface area (Å²) in [5.74, 6) is -0.833. The molecule has 0 amide bonds. The zero-order chi connectivity index (χ0) is 16.7. The number of aliphatic hydroxyl groups excluding tert-OH is 1. The third-order valence-corrected chi connectivity index (χ3v) is 3.04. The SMILES string of the molecule is CC(=O)O.COCC(O)COC1CC(C)(C)NC(C)(C)C1. The molecule has 21 heavy (non-hydrogen) atoms. The number of rotatable bonds is 5. The molecule has 1 rings (SSSR count). The first-order valence-corrected chi connectivity index (χ1v) is 7.25. The molecule has 126 valence electrons. The minimum absolute atomic E-state index is 0.0820. The van der Waals surface area contributed by atoms with Crippen LogP contribution in [0.5, 0.6) is 0 Å². The van der Waals surface area contributed by atoms with E-state index in [1.54, 1.807) is 7.11 Å². The molecule has 0 radical (unpaired) electrons. The van der Waals surface area contributed by atoms with Crippen LogP contribution in [0.25, 0.3) is 0 Å². The van der Waals surface area contributed by atoms with Crippen LogP contribution in [0.1, 0.15) is 47.5 Å². The maximum Gasteiger partial charge on any atom is 0.300 e. The number of aliphatic carboxylic acids is 1. The molecule has 0 aromatic carbocycles. The predicted molar refractivity (Wildman–Crippen MR) is 81.5 cm³/mol. The summed E-state index contributed by atoms with van der Waals surface area (Å²) in [6, 6.07) is 0. The van der Waals surface area contributed by atoms with Crippen LogP contribution >= 0.6 is 0 Å². The fourth-order valence-electron chi connectivity index (χ4n) is 2.83. The van der Waals surface area contributed by atoms with E-state index in [1.807, 2.05) is 0 Å². The molecule has 6 nitrogen and oxygen atoms in total. The fraction of sp³-hybridized carbons (Fsp3) is 0.933. The molecular weight excluding hydrogens is 274 g/mol. The number of ether oxygens (including phenoxy) is 2. The van der Waals surface area contributed by atoms with Crippen molar-refractivity contribution in [1.29, 1.82) is 0 Å². The summed E-state index contributed by atoms with van der Waals surface area (Å²) in [7, 11) is 1.58. The third-order valence-electron chi connectivity index (χ3n) is 3.04. The molecule has 3 N–H and O–H groups in total. The minimum atomic E-state index is -0.833. The Morgan fingerprint density at radius 3 is 2.05 bits per heavy atom. The van der Waals surface area contributed by atoms with E-state index in [0.717, 1.165) is 19.8 Å². The molecule has 1 fully saturated rings. The van der Waals surface area contributed by atoms with Crippen molar-refractivity contribution in [3.8, 4) is 0 Å². The van der Waals surface area contributed by atoms with Crippen molar-refractivity contribution < 1.29 is 24.5 Å². The molecule has 0 aromatic heterocycles. The second kappa shape index (κ2) is 8.68. The van der Waals surface area contributed by atoms with Crippen molar-refractivity contribution in [3.63, 3.8) is 0 Å². The van der Waals surface area contributed by atoms with Gasteiger partial charge in [-0.15, -0.1) is 0 Å². The average molecular weight is 305 g/mol. The molecule has 6 heteroatoms. The molecule has 0 aliphatic carbocycles. The lowest BCUT2D eigenvalue weighted by Gasteiger charge is -2.46. The van der Waals surface area contributed by atoms with Gasteiger partial charge in [-0.2, -0.15) is 0 Å². The van der Waals surface area contributed by atoms with Crippen molar-refractivity contribution in [3.05, 3.63) is 0 Å². The van der Waals surface area contributed by atoms with E-state index in [2.05, 4.69) is 33.0 Å². The number of hydrogen-bond donors (Lipinski definition) is 3. The van der Waals surface area contributed by atoms with E-state index < -0.39 is 12.1 Å². The number of aliphatic hydroxyl groups is 1. The van der Waals surface area contributed by atoms with Gasteiger partial charge < -0.3 is 25.0 Å². The minimum Gasteiger partial charge on any atom is -0.481 e. The monoisotopic (exact) mass is 305 g/mol. The second-order valence-corrected chi connectivity index (χ2v) is 6.88. The molecule has 0 saturated carbocycles. The van der Waals surface area contributed by atoms with Crippen molar-refractivity contribution in [1.82, 2.24) is 5.32 Å². The molecular formula is C15H31NO5. The smallest absolute Gasteiger partial charge is 0.300 e. The second-order valence-electron chi connectivity index (χ2n) is 6.88. The molecule has 0 bridgehead atoms. The molecule has 0 aromatic rings. The molecule has 1 atom stereocenters. The van der Waals surface area contributed by atoms with Gasteiger partial charge in [-0.05, 0) is 40.5 Å². The van der Waals surface area contributed by atoms with E-state index in [-0.39, 0.29) is 17.2 Å². The van der Waals surface area contributed by atoms with Crippen molar-refractivity contribution in [2.75, 3.05) is 20.3 Å². The summed E-state index contributed by atoms with van der Waals surface area (Å²) in [6.07, 6.45) is 1.61. The van der Waals surface area contributed by atoms with Crippen molar-refractivity contribution in [2.45, 2.75) is 70.7 Å². The first kappa shape index (κ1) is 20.3. The number of piperidine rings is 1. The molecule has 1 aliphatic rings. The van der Waals surface area contributed by atoms with Gasteiger partial charge in [-0.1, -0.05) is 0 Å². The third kappa shape index (κ3) is 10.6. The Hall–Kier alpha value is -0.690. The van der Waals surface area contributed by atoms with Gasteiger partial charge in [0.25, 0.3) is 5.97 Å². The van der Waals surface area contributed by atoms with Gasteiger partial charge in [0, 0.05) is 25.1 Å². The highest BCUT2D eigenvalue weighted by Crippen LogP contribution is 2.30. The zero-order valence-corrected chi connectivity index (χ0v) is 14.1. The maximum atomic E-state index is 9.57. The molecule has 1 aliphatic heterocycles. The van der Waals surface area contributed by atoms with Crippen LogP contribution < -0.4 is 5.32 Å². The number of carboxylic acid groups (broad SMARTS) is 1. The summed E-state index contributed by atoms with van der Waals surface area (Å²) < 4.78 is 10.7. The first-order valence-electron chi connectivity index (χ1n) is 7.25. The van der Waals surface area contributed by atoms with Crippen LogP contribution in [0.15, 0.2) is 0 Å². The Labute approximate surface area is 127 Å². The number of hydrogen-bond acceptors (Lipinski definition) is 5. The summed E-state index contributed by atoms with van der Waals surface area (Å²) in [4.78, 5) is 9.00. The Morgan fingerprint density at radius 1 is 1.24 bits per heavy atom. The van der Waals surface area contributed by atoms with Crippen LogP contribution in [0, 0.1) is 0 Å². The van der Waals surface area contributed by atoms with Gasteiger partial charge in [0.2, 0.25) is 0 Å². The number of methoxy groups -OCH3 is 1. The topological polar surface area (TPSA) is 88.0 Å². The van der Waals surface area contributed by atoms with Gasteiger partial charge in [-0.3, -0.25) is 4.79 Å². The van der Waals surface area contributed by atoms with Crippen LogP contribution in [0.4, 0.5) is 0 Å². The highest BCUT2D eigenvalue weighted by molar-refractivity contribution is 5.62. The first-order chi connectivity index (χ1) is 9.47. The van der Waals surface area contributed by atoms with Crippen molar-refractivity contribution in [2.24, 2.45) is 0 Å². The van der Waals surface area contributed by atoms with Gasteiger partial charge in [-0.25, -0.2) is 0 Å². The summed E-state index contributed by atoms with van der Waals surface area (Å²) in [6.45, 7) is 10.5.